The van der Waals surface area contributed by atoms with Gasteiger partial charge >= 0.3 is 5.97 Å². The summed E-state index contributed by atoms with van der Waals surface area (Å²) in [5.74, 6) is -0.244. The van der Waals surface area contributed by atoms with E-state index in [9.17, 15) is 15.0 Å². The van der Waals surface area contributed by atoms with Crippen molar-refractivity contribution in [2.24, 2.45) is 0 Å². The fraction of sp³-hybridized carbons (Fsp3) is 0.938. The van der Waals surface area contributed by atoms with Crippen molar-refractivity contribution >= 4 is 5.97 Å². The number of carbonyl (C=O) groups is 1. The van der Waals surface area contributed by atoms with Crippen LogP contribution in [0.4, 0.5) is 0 Å². The normalized spacial score (nSPS) is 24.8. The van der Waals surface area contributed by atoms with Crippen LogP contribution in [0.1, 0.15) is 65.2 Å². The number of ether oxygens (including phenoxy) is 2. The maximum Gasteiger partial charge on any atom is 0.305 e. The van der Waals surface area contributed by atoms with E-state index in [1.165, 1.54) is 0 Å². The predicted octanol–water partition coefficient (Wildman–Crippen LogP) is 2.18. The molecular weight excluding hydrogens is 272 g/mol. The van der Waals surface area contributed by atoms with Crippen LogP contribution in [0.3, 0.4) is 0 Å². The van der Waals surface area contributed by atoms with Crippen molar-refractivity contribution in [1.82, 2.24) is 0 Å². The van der Waals surface area contributed by atoms with Crippen LogP contribution in [0.2, 0.25) is 0 Å². The Balaban J connectivity index is 2.08. The highest BCUT2D eigenvalue weighted by molar-refractivity contribution is 5.69. The van der Waals surface area contributed by atoms with Crippen molar-refractivity contribution in [3.63, 3.8) is 0 Å². The van der Waals surface area contributed by atoms with Crippen molar-refractivity contribution in [1.29, 1.82) is 0 Å². The zero-order valence-corrected chi connectivity index (χ0v) is 13.3. The van der Waals surface area contributed by atoms with Crippen LogP contribution < -0.4 is 0 Å². The number of aliphatic hydroxyl groups is 2. The van der Waals surface area contributed by atoms with Crippen LogP contribution in [0.15, 0.2) is 0 Å². The predicted molar refractivity (Wildman–Crippen MR) is 79.9 cm³/mol. The molecule has 5 nitrogen and oxygen atoms in total. The average Bonchev–Trinajstić information content (AvgIpc) is 2.89. The Bertz CT molecular complexity index is 292. The lowest BCUT2D eigenvalue weighted by atomic mass is 10.0. The van der Waals surface area contributed by atoms with Gasteiger partial charge in [-0.15, -0.1) is 0 Å². The summed E-state index contributed by atoms with van der Waals surface area (Å²) in [5, 5.41) is 19.1. The first-order valence-corrected chi connectivity index (χ1v) is 8.18. The molecule has 0 aliphatic carbocycles. The third-order valence-corrected chi connectivity index (χ3v) is 3.91. The molecule has 4 unspecified atom stereocenters. The van der Waals surface area contributed by atoms with E-state index in [2.05, 4.69) is 0 Å². The van der Waals surface area contributed by atoms with Crippen LogP contribution in [0.25, 0.3) is 0 Å². The third-order valence-electron chi connectivity index (χ3n) is 3.91. The Morgan fingerprint density at radius 3 is 2.38 bits per heavy atom. The van der Waals surface area contributed by atoms with Crippen molar-refractivity contribution < 1.29 is 24.5 Å². The lowest BCUT2D eigenvalue weighted by Crippen LogP contribution is -2.17. The average molecular weight is 302 g/mol. The van der Waals surface area contributed by atoms with Crippen LogP contribution in [0.5, 0.6) is 0 Å². The maximum absolute atomic E-state index is 11.2. The summed E-state index contributed by atoms with van der Waals surface area (Å²) < 4.78 is 10.7. The summed E-state index contributed by atoms with van der Waals surface area (Å²) >= 11 is 0. The van der Waals surface area contributed by atoms with Crippen LogP contribution in [-0.2, 0) is 14.3 Å². The molecule has 1 aliphatic heterocycles. The SMILES string of the molecule is CCOC(=O)CCC(O)CCC1CCC(CCC(C)O)O1. The summed E-state index contributed by atoms with van der Waals surface area (Å²) in [5.41, 5.74) is 0. The summed E-state index contributed by atoms with van der Waals surface area (Å²) in [6, 6.07) is 0. The van der Waals surface area contributed by atoms with Crippen LogP contribution in [-0.4, -0.2) is 47.2 Å². The second-order valence-corrected chi connectivity index (χ2v) is 5.96. The van der Waals surface area contributed by atoms with Crippen molar-refractivity contribution in [2.45, 2.75) is 89.6 Å². The van der Waals surface area contributed by atoms with Gasteiger partial charge < -0.3 is 19.7 Å². The molecule has 0 amide bonds. The molecule has 2 N–H and O–H groups in total. The van der Waals surface area contributed by atoms with E-state index in [1.807, 2.05) is 0 Å². The van der Waals surface area contributed by atoms with Crippen molar-refractivity contribution in [2.75, 3.05) is 6.61 Å². The summed E-state index contributed by atoms with van der Waals surface area (Å²) in [4.78, 5) is 11.2. The first kappa shape index (κ1) is 18.4. The van der Waals surface area contributed by atoms with Gasteiger partial charge in [0.15, 0.2) is 0 Å². The highest BCUT2D eigenvalue weighted by Gasteiger charge is 2.25. The summed E-state index contributed by atoms with van der Waals surface area (Å²) in [6.45, 7) is 3.96. The molecule has 0 aromatic rings. The fourth-order valence-electron chi connectivity index (χ4n) is 2.67. The van der Waals surface area contributed by atoms with Gasteiger partial charge in [-0.25, -0.2) is 0 Å². The minimum atomic E-state index is -0.463. The first-order chi connectivity index (χ1) is 10.0. The highest BCUT2D eigenvalue weighted by Crippen LogP contribution is 2.27. The zero-order chi connectivity index (χ0) is 15.7. The molecule has 21 heavy (non-hydrogen) atoms. The third kappa shape index (κ3) is 8.39. The van der Waals surface area contributed by atoms with Gasteiger partial charge in [0, 0.05) is 6.42 Å². The molecule has 1 fully saturated rings. The minimum absolute atomic E-state index is 0.209. The van der Waals surface area contributed by atoms with Crippen molar-refractivity contribution in [3.8, 4) is 0 Å². The maximum atomic E-state index is 11.2. The van der Waals surface area contributed by atoms with Gasteiger partial charge in [0.2, 0.25) is 0 Å². The molecule has 0 bridgehead atoms. The molecule has 1 saturated heterocycles. The number of hydrogen-bond acceptors (Lipinski definition) is 5. The second-order valence-electron chi connectivity index (χ2n) is 5.96. The van der Waals surface area contributed by atoms with E-state index in [4.69, 9.17) is 9.47 Å². The number of esters is 1. The smallest absolute Gasteiger partial charge is 0.305 e. The number of aliphatic hydroxyl groups excluding tert-OH is 2. The van der Waals surface area contributed by atoms with E-state index in [0.717, 1.165) is 32.1 Å². The highest BCUT2D eigenvalue weighted by atomic mass is 16.5. The van der Waals surface area contributed by atoms with Gasteiger partial charge in [-0.2, -0.15) is 0 Å². The van der Waals surface area contributed by atoms with E-state index in [-0.39, 0.29) is 30.7 Å². The minimum Gasteiger partial charge on any atom is -0.466 e. The monoisotopic (exact) mass is 302 g/mol. The Morgan fingerprint density at radius 2 is 1.81 bits per heavy atom. The van der Waals surface area contributed by atoms with Gasteiger partial charge in [0.05, 0.1) is 31.0 Å². The number of carbonyl (C=O) groups excluding carboxylic acids is 1. The fourth-order valence-corrected chi connectivity index (χ4v) is 2.67. The van der Waals surface area contributed by atoms with E-state index >= 15 is 0 Å². The van der Waals surface area contributed by atoms with E-state index < -0.39 is 6.10 Å². The molecule has 1 heterocycles. The van der Waals surface area contributed by atoms with Gasteiger partial charge in [0.1, 0.15) is 0 Å². The Kier molecular flexibility index (Phi) is 8.88. The van der Waals surface area contributed by atoms with Gasteiger partial charge in [0.25, 0.3) is 0 Å². The molecule has 5 heteroatoms. The molecule has 1 aliphatic rings. The molecule has 0 spiro atoms. The zero-order valence-electron chi connectivity index (χ0n) is 13.3. The largest absolute Gasteiger partial charge is 0.466 e. The second kappa shape index (κ2) is 10.1. The van der Waals surface area contributed by atoms with E-state index in [0.29, 0.717) is 19.4 Å². The summed E-state index contributed by atoms with van der Waals surface area (Å²) in [6.07, 6.45) is 5.69. The van der Waals surface area contributed by atoms with E-state index in [1.54, 1.807) is 13.8 Å². The van der Waals surface area contributed by atoms with Gasteiger partial charge in [-0.05, 0) is 58.8 Å². The molecule has 1 rings (SSSR count). The Morgan fingerprint density at radius 1 is 1.19 bits per heavy atom. The molecule has 0 radical (unpaired) electrons. The number of rotatable bonds is 10. The lowest BCUT2D eigenvalue weighted by molar-refractivity contribution is -0.143. The molecule has 0 saturated carbocycles. The van der Waals surface area contributed by atoms with Crippen molar-refractivity contribution in [3.05, 3.63) is 0 Å². The Hall–Kier alpha value is -0.650. The number of hydrogen-bond donors (Lipinski definition) is 2. The van der Waals surface area contributed by atoms with Gasteiger partial charge in [-0.3, -0.25) is 4.79 Å². The quantitative estimate of drug-likeness (QED) is 0.605. The topological polar surface area (TPSA) is 76.0 Å². The first-order valence-electron chi connectivity index (χ1n) is 8.18. The molecule has 0 aromatic heterocycles. The van der Waals surface area contributed by atoms with Gasteiger partial charge in [-0.1, -0.05) is 0 Å². The molecule has 124 valence electrons. The molecule has 0 aromatic carbocycles. The van der Waals surface area contributed by atoms with Crippen LogP contribution >= 0.6 is 0 Å². The standard InChI is InChI=1S/C16H30O5/c1-3-20-16(19)11-6-13(18)5-8-15-10-9-14(21-15)7-4-12(2)17/h12-15,17-18H,3-11H2,1-2H3. The molecule has 4 atom stereocenters. The summed E-state index contributed by atoms with van der Waals surface area (Å²) in [7, 11) is 0. The molecular formula is C16H30O5. The van der Waals surface area contributed by atoms with Crippen LogP contribution in [0, 0.1) is 0 Å². The Labute approximate surface area is 127 Å². The lowest BCUT2D eigenvalue weighted by Gasteiger charge is -2.16.